The Hall–Kier alpha value is -3.33. The first-order valence-electron chi connectivity index (χ1n) is 11.6. The third-order valence-electron chi connectivity index (χ3n) is 6.92. The molecule has 1 amide bonds. The zero-order valence-corrected chi connectivity index (χ0v) is 19.0. The molecule has 172 valence electrons. The summed E-state index contributed by atoms with van der Waals surface area (Å²) >= 11 is 0. The molecule has 1 saturated heterocycles. The number of carbonyl (C=O) groups is 1. The number of nitrogens with zero attached hydrogens (tertiary/aromatic N) is 5. The minimum Gasteiger partial charge on any atom is -0.494 e. The highest BCUT2D eigenvalue weighted by atomic mass is 16.5. The van der Waals surface area contributed by atoms with E-state index < -0.39 is 0 Å². The highest BCUT2D eigenvalue weighted by Gasteiger charge is 2.28. The number of hydrogen-bond donors (Lipinski definition) is 1. The molecule has 1 saturated carbocycles. The van der Waals surface area contributed by atoms with Crippen molar-refractivity contribution in [2.24, 2.45) is 18.7 Å². The lowest BCUT2D eigenvalue weighted by molar-refractivity contribution is 0.0708. The Balaban J connectivity index is 1.46. The molecule has 9 heteroatoms. The predicted molar refractivity (Wildman–Crippen MR) is 124 cm³/mol. The minimum atomic E-state index is -0.0294. The van der Waals surface area contributed by atoms with Crippen molar-refractivity contribution in [3.63, 3.8) is 0 Å². The number of imidazole rings is 1. The van der Waals surface area contributed by atoms with Gasteiger partial charge < -0.3 is 29.0 Å². The van der Waals surface area contributed by atoms with Crippen LogP contribution in [0.25, 0.3) is 33.7 Å². The van der Waals surface area contributed by atoms with Gasteiger partial charge in [-0.2, -0.15) is 0 Å². The number of piperidine rings is 1. The lowest BCUT2D eigenvalue weighted by Gasteiger charge is -2.30. The van der Waals surface area contributed by atoms with Crippen LogP contribution in [-0.4, -0.2) is 56.3 Å². The number of methoxy groups -OCH3 is 1. The molecule has 9 nitrogen and oxygen atoms in total. The van der Waals surface area contributed by atoms with Crippen molar-refractivity contribution in [3.05, 3.63) is 30.0 Å². The Labute approximate surface area is 191 Å². The van der Waals surface area contributed by atoms with Gasteiger partial charge in [-0.1, -0.05) is 5.16 Å². The number of hydrogen-bond acceptors (Lipinski definition) is 6. The van der Waals surface area contributed by atoms with E-state index in [-0.39, 0.29) is 11.9 Å². The zero-order chi connectivity index (χ0) is 22.7. The number of rotatable bonds is 5. The summed E-state index contributed by atoms with van der Waals surface area (Å²) in [4.78, 5) is 20.0. The van der Waals surface area contributed by atoms with E-state index in [0.717, 1.165) is 59.6 Å². The van der Waals surface area contributed by atoms with Crippen LogP contribution in [0.4, 0.5) is 0 Å². The smallest absolute Gasteiger partial charge is 0.254 e. The summed E-state index contributed by atoms with van der Waals surface area (Å²) in [6.07, 6.45) is 6.08. The van der Waals surface area contributed by atoms with Crippen LogP contribution < -0.4 is 10.5 Å². The van der Waals surface area contributed by atoms with E-state index in [0.29, 0.717) is 23.8 Å². The second-order valence-electron chi connectivity index (χ2n) is 9.36. The van der Waals surface area contributed by atoms with Crippen molar-refractivity contribution in [2.75, 3.05) is 20.2 Å². The van der Waals surface area contributed by atoms with E-state index in [9.17, 15) is 4.79 Å². The van der Waals surface area contributed by atoms with Crippen LogP contribution in [0.2, 0.25) is 0 Å². The van der Waals surface area contributed by atoms with Gasteiger partial charge in [-0.15, -0.1) is 0 Å². The number of carbonyl (C=O) groups excluding carboxylic acids is 1. The van der Waals surface area contributed by atoms with Crippen molar-refractivity contribution < 1.29 is 14.1 Å². The molecular formula is C24H28N6O3. The summed E-state index contributed by atoms with van der Waals surface area (Å²) in [6, 6.07) is 5.78. The van der Waals surface area contributed by atoms with E-state index in [1.54, 1.807) is 13.3 Å². The Morgan fingerprint density at radius 3 is 2.88 bits per heavy atom. The molecule has 2 fully saturated rings. The maximum atomic E-state index is 13.2. The summed E-state index contributed by atoms with van der Waals surface area (Å²) in [7, 11) is 3.61. The number of amides is 1. The third-order valence-corrected chi connectivity index (χ3v) is 6.92. The van der Waals surface area contributed by atoms with Crippen LogP contribution in [0.3, 0.4) is 0 Å². The summed E-state index contributed by atoms with van der Waals surface area (Å²) in [5.41, 5.74) is 10.0. The first kappa shape index (κ1) is 20.3. The van der Waals surface area contributed by atoms with E-state index in [1.165, 1.54) is 12.8 Å². The topological polar surface area (TPSA) is 104 Å². The van der Waals surface area contributed by atoms with Crippen molar-refractivity contribution in [1.29, 1.82) is 0 Å². The van der Waals surface area contributed by atoms with Gasteiger partial charge >= 0.3 is 0 Å². The fraction of sp³-hybridized carbons (Fsp3) is 0.458. The highest BCUT2D eigenvalue weighted by molar-refractivity contribution is 6.00. The fourth-order valence-corrected chi connectivity index (χ4v) is 5.00. The molecule has 1 aliphatic carbocycles. The number of benzene rings is 1. The first-order valence-corrected chi connectivity index (χ1v) is 11.6. The molecule has 0 spiro atoms. The predicted octanol–water partition coefficient (Wildman–Crippen LogP) is 3.16. The van der Waals surface area contributed by atoms with E-state index in [4.69, 9.17) is 20.0 Å². The van der Waals surface area contributed by atoms with Gasteiger partial charge in [0.05, 0.1) is 29.9 Å². The van der Waals surface area contributed by atoms with E-state index in [2.05, 4.69) is 15.8 Å². The van der Waals surface area contributed by atoms with Crippen LogP contribution in [0.15, 0.2) is 28.9 Å². The Morgan fingerprint density at radius 1 is 1.27 bits per heavy atom. The molecule has 0 bridgehead atoms. The fourth-order valence-electron chi connectivity index (χ4n) is 5.00. The Morgan fingerprint density at radius 2 is 2.12 bits per heavy atom. The summed E-state index contributed by atoms with van der Waals surface area (Å²) in [5, 5.41) is 4.92. The zero-order valence-electron chi connectivity index (χ0n) is 19.0. The average molecular weight is 449 g/mol. The third kappa shape index (κ3) is 3.38. The molecule has 3 aromatic heterocycles. The quantitative estimate of drug-likeness (QED) is 0.503. The average Bonchev–Trinajstić information content (AvgIpc) is 3.26. The van der Waals surface area contributed by atoms with E-state index >= 15 is 0 Å². The SMILES string of the molecule is COc1cc(C(=O)N2CCC[C@@H](N)C2)cc2nc(-c3cc4cnoc4n3CC3CC3)n(C)c12. The molecule has 0 unspecified atom stereocenters. The van der Waals surface area contributed by atoms with Gasteiger partial charge in [0.15, 0.2) is 5.82 Å². The molecule has 4 aromatic rings. The number of ether oxygens (including phenoxy) is 1. The Bertz CT molecular complexity index is 1360. The molecule has 2 aliphatic rings. The number of fused-ring (bicyclic) bond motifs is 2. The Kier molecular flexibility index (Phi) is 4.69. The molecule has 33 heavy (non-hydrogen) atoms. The number of aryl methyl sites for hydroxylation is 1. The normalized spacial score (nSPS) is 19.0. The van der Waals surface area contributed by atoms with Crippen LogP contribution in [-0.2, 0) is 13.6 Å². The van der Waals surface area contributed by atoms with Gasteiger partial charge in [0.25, 0.3) is 5.91 Å². The van der Waals surface area contributed by atoms with Gasteiger partial charge in [0.1, 0.15) is 11.3 Å². The van der Waals surface area contributed by atoms with Crippen molar-refractivity contribution in [1.82, 2.24) is 24.2 Å². The monoisotopic (exact) mass is 448 g/mol. The second kappa shape index (κ2) is 7.62. The number of likely N-dealkylation sites (tertiary alicyclic amines) is 1. The molecule has 1 aliphatic heterocycles. The maximum Gasteiger partial charge on any atom is 0.254 e. The van der Waals surface area contributed by atoms with Crippen LogP contribution in [0.5, 0.6) is 5.75 Å². The molecular weight excluding hydrogens is 420 g/mol. The van der Waals surface area contributed by atoms with Gasteiger partial charge in [0.2, 0.25) is 5.71 Å². The summed E-state index contributed by atoms with van der Waals surface area (Å²) in [6.45, 7) is 2.18. The van der Waals surface area contributed by atoms with Crippen molar-refractivity contribution in [3.8, 4) is 17.3 Å². The van der Waals surface area contributed by atoms with Crippen molar-refractivity contribution >= 4 is 28.0 Å². The summed E-state index contributed by atoms with van der Waals surface area (Å²) < 4.78 is 15.5. The van der Waals surface area contributed by atoms with E-state index in [1.807, 2.05) is 28.6 Å². The molecule has 0 radical (unpaired) electrons. The molecule has 2 N–H and O–H groups in total. The first-order chi connectivity index (χ1) is 16.0. The van der Waals surface area contributed by atoms with Crippen LogP contribution in [0, 0.1) is 5.92 Å². The van der Waals surface area contributed by atoms with Gasteiger partial charge in [0, 0.05) is 38.3 Å². The largest absolute Gasteiger partial charge is 0.494 e. The lowest BCUT2D eigenvalue weighted by Crippen LogP contribution is -2.45. The molecule has 1 aromatic carbocycles. The van der Waals surface area contributed by atoms with Crippen molar-refractivity contribution in [2.45, 2.75) is 38.3 Å². The van der Waals surface area contributed by atoms with Gasteiger partial charge in [-0.3, -0.25) is 4.79 Å². The van der Waals surface area contributed by atoms with Gasteiger partial charge in [-0.25, -0.2) is 4.98 Å². The standard InChI is InChI=1S/C24H28N6O3/c1-28-21-18(8-15(10-20(21)32-2)23(31)29-7-3-4-17(25)13-29)27-22(28)19-9-16-11-26-33-24(16)30(19)12-14-5-6-14/h8-11,14,17H,3-7,12-13,25H2,1-2H3/t17-/m1/s1. The lowest BCUT2D eigenvalue weighted by atomic mass is 10.0. The maximum absolute atomic E-state index is 13.2. The molecule has 6 rings (SSSR count). The minimum absolute atomic E-state index is 0.0294. The second-order valence-corrected chi connectivity index (χ2v) is 9.36. The number of aromatic nitrogens is 4. The highest BCUT2D eigenvalue weighted by Crippen LogP contribution is 2.37. The molecule has 4 heterocycles. The molecule has 1 atom stereocenters. The summed E-state index contributed by atoms with van der Waals surface area (Å²) in [5.74, 6) is 2.07. The van der Waals surface area contributed by atoms with Crippen LogP contribution in [0.1, 0.15) is 36.0 Å². The number of nitrogens with two attached hydrogens (primary N) is 1. The van der Waals surface area contributed by atoms with Crippen LogP contribution >= 0.6 is 0 Å². The van der Waals surface area contributed by atoms with Gasteiger partial charge in [-0.05, 0) is 49.8 Å².